The van der Waals surface area contributed by atoms with Crippen LogP contribution in [0.5, 0.6) is 5.75 Å². The second kappa shape index (κ2) is 5.72. The molecule has 0 bridgehead atoms. The van der Waals surface area contributed by atoms with Crippen molar-refractivity contribution in [1.82, 2.24) is 0 Å². The summed E-state index contributed by atoms with van der Waals surface area (Å²) in [5.41, 5.74) is 2.75. The van der Waals surface area contributed by atoms with Crippen molar-refractivity contribution in [1.29, 1.82) is 0 Å². The molecule has 0 aliphatic heterocycles. The van der Waals surface area contributed by atoms with Crippen LogP contribution in [0.3, 0.4) is 0 Å². The number of phenols is 1. The van der Waals surface area contributed by atoms with Gasteiger partial charge in [-0.2, -0.15) is 0 Å². The van der Waals surface area contributed by atoms with Gasteiger partial charge in [0.25, 0.3) is 0 Å². The maximum atomic E-state index is 9.55. The lowest BCUT2D eigenvalue weighted by molar-refractivity contribution is 0.281. The largest absolute Gasteiger partial charge is 0.508 e. The minimum atomic E-state index is 0.0410. The van der Waals surface area contributed by atoms with Crippen LogP contribution in [0.4, 0.5) is 5.69 Å². The fourth-order valence-electron chi connectivity index (χ4n) is 1.73. The first-order valence-electron chi connectivity index (χ1n) is 5.37. The monoisotopic (exact) mass is 225 g/mol. The molecule has 0 aromatic heterocycles. The second-order valence-electron chi connectivity index (χ2n) is 3.79. The van der Waals surface area contributed by atoms with E-state index >= 15 is 0 Å². The highest BCUT2D eigenvalue weighted by atomic mass is 16.3. The van der Waals surface area contributed by atoms with Gasteiger partial charge in [0.1, 0.15) is 5.75 Å². The van der Waals surface area contributed by atoms with Crippen molar-refractivity contribution >= 4 is 5.69 Å². The van der Waals surface area contributed by atoms with Crippen molar-refractivity contribution < 1.29 is 15.3 Å². The van der Waals surface area contributed by atoms with Gasteiger partial charge < -0.3 is 20.2 Å². The lowest BCUT2D eigenvalue weighted by Crippen LogP contribution is -2.30. The molecule has 0 aliphatic rings. The first kappa shape index (κ1) is 12.8. The fraction of sp³-hybridized carbons (Fsp3) is 0.500. The molecule has 4 nitrogen and oxygen atoms in total. The van der Waals surface area contributed by atoms with E-state index in [0.29, 0.717) is 13.1 Å². The summed E-state index contributed by atoms with van der Waals surface area (Å²) in [5.74, 6) is 0.272. The van der Waals surface area contributed by atoms with Crippen molar-refractivity contribution in [3.63, 3.8) is 0 Å². The maximum absolute atomic E-state index is 9.55. The topological polar surface area (TPSA) is 63.9 Å². The summed E-state index contributed by atoms with van der Waals surface area (Å²) in [4.78, 5) is 1.90. The molecule has 0 atom stereocenters. The summed E-state index contributed by atoms with van der Waals surface area (Å²) < 4.78 is 0. The van der Waals surface area contributed by atoms with Gasteiger partial charge in [0, 0.05) is 18.8 Å². The van der Waals surface area contributed by atoms with Gasteiger partial charge >= 0.3 is 0 Å². The molecule has 0 unspecified atom stereocenters. The predicted molar refractivity (Wildman–Crippen MR) is 64.0 cm³/mol. The molecular formula is C12H19NO3. The van der Waals surface area contributed by atoms with E-state index in [9.17, 15) is 5.11 Å². The minimum Gasteiger partial charge on any atom is -0.508 e. The molecule has 0 aliphatic carbocycles. The van der Waals surface area contributed by atoms with Crippen LogP contribution in [0, 0.1) is 13.8 Å². The summed E-state index contributed by atoms with van der Waals surface area (Å²) in [6.07, 6.45) is 0. The number of anilines is 1. The molecule has 1 aromatic rings. The zero-order valence-corrected chi connectivity index (χ0v) is 9.77. The van der Waals surface area contributed by atoms with Crippen LogP contribution >= 0.6 is 0 Å². The number of aliphatic hydroxyl groups excluding tert-OH is 2. The lowest BCUT2D eigenvalue weighted by atomic mass is 10.1. The van der Waals surface area contributed by atoms with Crippen molar-refractivity contribution in [2.24, 2.45) is 0 Å². The Morgan fingerprint density at radius 2 is 1.56 bits per heavy atom. The summed E-state index contributed by atoms with van der Waals surface area (Å²) in [7, 11) is 0. The fourth-order valence-corrected chi connectivity index (χ4v) is 1.73. The van der Waals surface area contributed by atoms with E-state index in [0.717, 1.165) is 16.8 Å². The van der Waals surface area contributed by atoms with Gasteiger partial charge in [-0.05, 0) is 37.1 Å². The highest BCUT2D eigenvalue weighted by Gasteiger charge is 2.11. The number of hydrogen-bond acceptors (Lipinski definition) is 4. The third-order valence-electron chi connectivity index (χ3n) is 2.81. The van der Waals surface area contributed by atoms with E-state index in [1.165, 1.54) is 0 Å². The second-order valence-corrected chi connectivity index (χ2v) is 3.79. The Morgan fingerprint density at radius 1 is 1.00 bits per heavy atom. The van der Waals surface area contributed by atoms with E-state index in [-0.39, 0.29) is 19.0 Å². The Hall–Kier alpha value is -1.26. The van der Waals surface area contributed by atoms with Crippen LogP contribution in [-0.2, 0) is 0 Å². The Bertz CT molecular complexity index is 346. The smallest absolute Gasteiger partial charge is 0.118 e. The molecule has 0 fully saturated rings. The summed E-state index contributed by atoms with van der Waals surface area (Å²) in [6, 6.07) is 3.45. The third-order valence-corrected chi connectivity index (χ3v) is 2.81. The molecule has 0 radical (unpaired) electrons. The van der Waals surface area contributed by atoms with Crippen molar-refractivity contribution in [3.8, 4) is 5.75 Å². The minimum absolute atomic E-state index is 0.0410. The highest BCUT2D eigenvalue weighted by molar-refractivity contribution is 5.59. The number of aliphatic hydroxyl groups is 2. The van der Waals surface area contributed by atoms with Crippen molar-refractivity contribution in [2.45, 2.75) is 13.8 Å². The molecule has 0 spiro atoms. The summed E-state index contributed by atoms with van der Waals surface area (Å²) in [5, 5.41) is 27.5. The molecule has 0 saturated heterocycles. The normalized spacial score (nSPS) is 10.5. The maximum Gasteiger partial charge on any atom is 0.118 e. The van der Waals surface area contributed by atoms with Gasteiger partial charge in [-0.1, -0.05) is 0 Å². The third kappa shape index (κ3) is 2.65. The number of rotatable bonds is 5. The van der Waals surface area contributed by atoms with Gasteiger partial charge in [0.2, 0.25) is 0 Å². The molecule has 4 heteroatoms. The van der Waals surface area contributed by atoms with Crippen LogP contribution in [0.1, 0.15) is 11.1 Å². The Kier molecular flexibility index (Phi) is 4.58. The number of nitrogens with zero attached hydrogens (tertiary/aromatic N) is 1. The lowest BCUT2D eigenvalue weighted by Gasteiger charge is -2.25. The number of benzene rings is 1. The quantitative estimate of drug-likeness (QED) is 0.693. The van der Waals surface area contributed by atoms with Gasteiger partial charge in [-0.3, -0.25) is 0 Å². The van der Waals surface area contributed by atoms with Crippen LogP contribution in [0.25, 0.3) is 0 Å². The van der Waals surface area contributed by atoms with Crippen molar-refractivity contribution in [2.75, 3.05) is 31.2 Å². The van der Waals surface area contributed by atoms with E-state index in [2.05, 4.69) is 0 Å². The average Bonchev–Trinajstić information content (AvgIpc) is 2.26. The molecule has 3 N–H and O–H groups in total. The molecular weight excluding hydrogens is 206 g/mol. The zero-order chi connectivity index (χ0) is 12.1. The molecule has 16 heavy (non-hydrogen) atoms. The van der Waals surface area contributed by atoms with E-state index in [1.54, 1.807) is 6.07 Å². The molecule has 0 heterocycles. The standard InChI is InChI=1S/C12H19NO3/c1-9-10(2)12(16)4-3-11(9)13(5-7-14)6-8-15/h3-4,14-16H,5-8H2,1-2H3. The number of phenolic OH excluding ortho intramolecular Hbond substituents is 1. The van der Waals surface area contributed by atoms with E-state index < -0.39 is 0 Å². The summed E-state index contributed by atoms with van der Waals surface area (Å²) in [6.45, 7) is 4.81. The van der Waals surface area contributed by atoms with Gasteiger partial charge in [0.05, 0.1) is 13.2 Å². The highest BCUT2D eigenvalue weighted by Crippen LogP contribution is 2.28. The first-order valence-corrected chi connectivity index (χ1v) is 5.37. The number of hydrogen-bond donors (Lipinski definition) is 3. The number of aromatic hydroxyl groups is 1. The van der Waals surface area contributed by atoms with Crippen LogP contribution in [0.2, 0.25) is 0 Å². The Labute approximate surface area is 95.8 Å². The van der Waals surface area contributed by atoms with E-state index in [1.807, 2.05) is 24.8 Å². The van der Waals surface area contributed by atoms with Gasteiger partial charge in [-0.15, -0.1) is 0 Å². The van der Waals surface area contributed by atoms with Crippen LogP contribution in [0.15, 0.2) is 12.1 Å². The van der Waals surface area contributed by atoms with Crippen LogP contribution in [-0.4, -0.2) is 41.6 Å². The average molecular weight is 225 g/mol. The van der Waals surface area contributed by atoms with Crippen molar-refractivity contribution in [3.05, 3.63) is 23.3 Å². The van der Waals surface area contributed by atoms with Gasteiger partial charge in [0.15, 0.2) is 0 Å². The zero-order valence-electron chi connectivity index (χ0n) is 9.77. The van der Waals surface area contributed by atoms with Crippen LogP contribution < -0.4 is 4.90 Å². The van der Waals surface area contributed by atoms with Gasteiger partial charge in [-0.25, -0.2) is 0 Å². The Balaban J connectivity index is 3.04. The SMILES string of the molecule is Cc1c(O)ccc(N(CCO)CCO)c1C. The molecule has 0 amide bonds. The predicted octanol–water partition coefficient (Wildman–Crippen LogP) is 0.800. The first-order chi connectivity index (χ1) is 7.61. The molecule has 1 aromatic carbocycles. The summed E-state index contributed by atoms with van der Waals surface area (Å²) >= 11 is 0. The molecule has 0 saturated carbocycles. The molecule has 1 rings (SSSR count). The molecule has 90 valence electrons. The Morgan fingerprint density at radius 3 is 2.06 bits per heavy atom. The van der Waals surface area contributed by atoms with E-state index in [4.69, 9.17) is 10.2 Å².